The highest BCUT2D eigenvalue weighted by Gasteiger charge is 2.04. The van der Waals surface area contributed by atoms with E-state index >= 15 is 0 Å². The van der Waals surface area contributed by atoms with Crippen LogP contribution >= 0.6 is 23.5 Å². The van der Waals surface area contributed by atoms with E-state index in [4.69, 9.17) is 0 Å². The molecule has 0 atom stereocenters. The molecule has 1 aromatic rings. The van der Waals surface area contributed by atoms with Crippen molar-refractivity contribution in [3.8, 4) is 0 Å². The first-order valence-electron chi connectivity index (χ1n) is 5.39. The summed E-state index contributed by atoms with van der Waals surface area (Å²) >= 11 is 3.38. The SMILES string of the molecule is CNc1cc(SCCC(C)C)nc(SC)n1. The molecule has 0 amide bonds. The van der Waals surface area contributed by atoms with Crippen molar-refractivity contribution in [1.29, 1.82) is 0 Å². The third-order valence-corrected chi connectivity index (χ3v) is 3.56. The average Bonchev–Trinajstić information content (AvgIpc) is 2.28. The molecular formula is C11H19N3S2. The minimum absolute atomic E-state index is 0.748. The first-order chi connectivity index (χ1) is 7.65. The molecular weight excluding hydrogens is 238 g/mol. The van der Waals surface area contributed by atoms with Crippen LogP contribution in [0.25, 0.3) is 0 Å². The lowest BCUT2D eigenvalue weighted by Gasteiger charge is -2.07. The van der Waals surface area contributed by atoms with Crippen molar-refractivity contribution in [2.24, 2.45) is 5.92 Å². The van der Waals surface area contributed by atoms with Crippen molar-refractivity contribution in [3.63, 3.8) is 0 Å². The summed E-state index contributed by atoms with van der Waals surface area (Å²) in [6.45, 7) is 4.49. The third kappa shape index (κ3) is 4.61. The van der Waals surface area contributed by atoms with Crippen LogP contribution in [-0.2, 0) is 0 Å². The fraction of sp³-hybridized carbons (Fsp3) is 0.636. The highest BCUT2D eigenvalue weighted by atomic mass is 32.2. The molecule has 0 fully saturated rings. The fourth-order valence-corrected chi connectivity index (χ4v) is 2.68. The lowest BCUT2D eigenvalue weighted by molar-refractivity contribution is 0.631. The summed E-state index contributed by atoms with van der Waals surface area (Å²) in [4.78, 5) is 8.81. The van der Waals surface area contributed by atoms with Crippen molar-refractivity contribution in [2.45, 2.75) is 30.5 Å². The number of rotatable bonds is 6. The molecule has 0 aliphatic carbocycles. The lowest BCUT2D eigenvalue weighted by Crippen LogP contribution is -1.97. The number of hydrogen-bond acceptors (Lipinski definition) is 5. The van der Waals surface area contributed by atoms with Gasteiger partial charge in [0, 0.05) is 13.1 Å². The molecule has 1 aromatic heterocycles. The molecule has 1 N–H and O–H groups in total. The van der Waals surface area contributed by atoms with Crippen LogP contribution in [0.5, 0.6) is 0 Å². The summed E-state index contributed by atoms with van der Waals surface area (Å²) in [5.74, 6) is 2.76. The normalized spacial score (nSPS) is 10.8. The predicted molar refractivity (Wildman–Crippen MR) is 73.5 cm³/mol. The van der Waals surface area contributed by atoms with Gasteiger partial charge in [-0.15, -0.1) is 11.8 Å². The Bertz CT molecular complexity index is 307. The lowest BCUT2D eigenvalue weighted by atomic mass is 10.2. The van der Waals surface area contributed by atoms with E-state index in [0.29, 0.717) is 0 Å². The van der Waals surface area contributed by atoms with Crippen LogP contribution in [0.3, 0.4) is 0 Å². The molecule has 0 saturated heterocycles. The van der Waals surface area contributed by atoms with Gasteiger partial charge in [0.2, 0.25) is 0 Å². The maximum Gasteiger partial charge on any atom is 0.190 e. The molecule has 0 unspecified atom stereocenters. The molecule has 0 aliphatic heterocycles. The molecule has 0 aromatic carbocycles. The van der Waals surface area contributed by atoms with Crippen molar-refractivity contribution in [3.05, 3.63) is 6.07 Å². The van der Waals surface area contributed by atoms with Crippen LogP contribution in [0.15, 0.2) is 16.2 Å². The minimum atomic E-state index is 0.748. The molecule has 0 radical (unpaired) electrons. The average molecular weight is 257 g/mol. The van der Waals surface area contributed by atoms with Gasteiger partial charge in [-0.25, -0.2) is 9.97 Å². The second kappa shape index (κ2) is 7.01. The zero-order valence-corrected chi connectivity index (χ0v) is 11.9. The Kier molecular flexibility index (Phi) is 5.98. The third-order valence-electron chi connectivity index (χ3n) is 2.07. The van der Waals surface area contributed by atoms with Gasteiger partial charge in [-0.1, -0.05) is 25.6 Å². The minimum Gasteiger partial charge on any atom is -0.373 e. The van der Waals surface area contributed by atoms with Gasteiger partial charge in [0.25, 0.3) is 0 Å². The van der Waals surface area contributed by atoms with E-state index in [-0.39, 0.29) is 0 Å². The molecule has 1 rings (SSSR count). The number of hydrogen-bond donors (Lipinski definition) is 1. The maximum atomic E-state index is 4.47. The number of anilines is 1. The summed E-state index contributed by atoms with van der Waals surface area (Å²) in [7, 11) is 1.88. The molecule has 0 bridgehead atoms. The molecule has 0 saturated carbocycles. The number of nitrogens with one attached hydrogen (secondary N) is 1. The van der Waals surface area contributed by atoms with Gasteiger partial charge < -0.3 is 5.32 Å². The molecule has 90 valence electrons. The van der Waals surface area contributed by atoms with E-state index in [1.54, 1.807) is 23.5 Å². The Morgan fingerprint density at radius 1 is 1.38 bits per heavy atom. The Balaban J connectivity index is 2.64. The topological polar surface area (TPSA) is 37.8 Å². The Hall–Kier alpha value is -0.420. The standard InChI is InChI=1S/C11H19N3S2/c1-8(2)5-6-16-10-7-9(12-3)13-11(14-10)15-4/h7-8H,5-6H2,1-4H3,(H,12,13,14). The van der Waals surface area contributed by atoms with Gasteiger partial charge in [0.15, 0.2) is 5.16 Å². The fourth-order valence-electron chi connectivity index (χ4n) is 1.10. The number of nitrogens with zero attached hydrogens (tertiary/aromatic N) is 2. The van der Waals surface area contributed by atoms with Gasteiger partial charge in [0.1, 0.15) is 10.8 Å². The first-order valence-corrected chi connectivity index (χ1v) is 7.60. The zero-order chi connectivity index (χ0) is 12.0. The second-order valence-electron chi connectivity index (χ2n) is 3.86. The summed E-state index contributed by atoms with van der Waals surface area (Å²) in [5.41, 5.74) is 0. The Morgan fingerprint density at radius 3 is 2.69 bits per heavy atom. The van der Waals surface area contributed by atoms with E-state index in [1.165, 1.54) is 6.42 Å². The predicted octanol–water partition coefficient (Wildman–Crippen LogP) is 3.38. The maximum absolute atomic E-state index is 4.47. The molecule has 1 heterocycles. The molecule has 16 heavy (non-hydrogen) atoms. The van der Waals surface area contributed by atoms with E-state index in [2.05, 4.69) is 29.1 Å². The van der Waals surface area contributed by atoms with Crippen molar-refractivity contribution in [2.75, 3.05) is 24.4 Å². The molecule has 0 aliphatic rings. The van der Waals surface area contributed by atoms with Gasteiger partial charge in [0.05, 0.1) is 0 Å². The quantitative estimate of drug-likeness (QED) is 0.480. The highest BCUT2D eigenvalue weighted by Crippen LogP contribution is 2.23. The summed E-state index contributed by atoms with van der Waals surface area (Å²) in [5, 5.41) is 4.96. The van der Waals surface area contributed by atoms with E-state index in [9.17, 15) is 0 Å². The van der Waals surface area contributed by atoms with Gasteiger partial charge in [-0.05, 0) is 24.3 Å². The van der Waals surface area contributed by atoms with Crippen LogP contribution in [0.4, 0.5) is 5.82 Å². The molecule has 0 spiro atoms. The van der Waals surface area contributed by atoms with Crippen molar-refractivity contribution < 1.29 is 0 Å². The monoisotopic (exact) mass is 257 g/mol. The largest absolute Gasteiger partial charge is 0.373 e. The van der Waals surface area contributed by atoms with Crippen LogP contribution in [0, 0.1) is 5.92 Å². The van der Waals surface area contributed by atoms with Crippen molar-refractivity contribution >= 4 is 29.3 Å². The zero-order valence-electron chi connectivity index (χ0n) is 10.3. The second-order valence-corrected chi connectivity index (χ2v) is 5.75. The van der Waals surface area contributed by atoms with Gasteiger partial charge in [-0.2, -0.15) is 0 Å². The van der Waals surface area contributed by atoms with Crippen LogP contribution in [0.2, 0.25) is 0 Å². The summed E-state index contributed by atoms with van der Waals surface area (Å²) in [6, 6.07) is 2.00. The first kappa shape index (κ1) is 13.6. The number of thioether (sulfide) groups is 2. The Morgan fingerprint density at radius 2 is 2.12 bits per heavy atom. The van der Waals surface area contributed by atoms with Crippen molar-refractivity contribution in [1.82, 2.24) is 9.97 Å². The van der Waals surface area contributed by atoms with E-state index < -0.39 is 0 Å². The summed E-state index contributed by atoms with van der Waals surface area (Å²) in [6.07, 6.45) is 3.22. The molecule has 5 heteroatoms. The smallest absolute Gasteiger partial charge is 0.190 e. The van der Waals surface area contributed by atoms with E-state index in [0.717, 1.165) is 27.7 Å². The Labute approximate surface area is 106 Å². The van der Waals surface area contributed by atoms with Gasteiger partial charge in [-0.3, -0.25) is 0 Å². The van der Waals surface area contributed by atoms with Crippen LogP contribution in [-0.4, -0.2) is 29.0 Å². The van der Waals surface area contributed by atoms with Crippen LogP contribution < -0.4 is 5.32 Å². The van der Waals surface area contributed by atoms with E-state index in [1.807, 2.05) is 19.4 Å². The number of aromatic nitrogens is 2. The molecule has 3 nitrogen and oxygen atoms in total. The summed E-state index contributed by atoms with van der Waals surface area (Å²) < 4.78 is 0. The van der Waals surface area contributed by atoms with Crippen LogP contribution in [0.1, 0.15) is 20.3 Å². The highest BCUT2D eigenvalue weighted by molar-refractivity contribution is 7.99. The van der Waals surface area contributed by atoms with Gasteiger partial charge >= 0.3 is 0 Å².